The standard InChI is InChI=1S/C15H25NO2/c1-2-12-6-7-15(18)16(10-8-12)11-9-13-4-3-5-14(13)17/h12-13H,2-11H2,1H3. The van der Waals surface area contributed by atoms with Crippen molar-refractivity contribution in [2.45, 2.75) is 58.3 Å². The zero-order valence-corrected chi connectivity index (χ0v) is 11.5. The largest absolute Gasteiger partial charge is 0.343 e. The predicted molar refractivity (Wildman–Crippen MR) is 71.2 cm³/mol. The Labute approximate surface area is 110 Å². The average molecular weight is 251 g/mol. The minimum atomic E-state index is 0.239. The topological polar surface area (TPSA) is 37.4 Å². The van der Waals surface area contributed by atoms with Crippen LogP contribution >= 0.6 is 0 Å². The smallest absolute Gasteiger partial charge is 0.222 e. The van der Waals surface area contributed by atoms with Crippen LogP contribution < -0.4 is 0 Å². The zero-order chi connectivity index (χ0) is 13.0. The fourth-order valence-corrected chi connectivity index (χ4v) is 3.24. The first-order valence-electron chi connectivity index (χ1n) is 7.51. The van der Waals surface area contributed by atoms with Crippen LogP contribution in [0.1, 0.15) is 58.3 Å². The third kappa shape index (κ3) is 3.33. The molecule has 0 spiro atoms. The summed E-state index contributed by atoms with van der Waals surface area (Å²) in [5.74, 6) is 1.68. The van der Waals surface area contributed by atoms with Crippen molar-refractivity contribution in [1.82, 2.24) is 4.90 Å². The number of ketones is 1. The van der Waals surface area contributed by atoms with E-state index in [-0.39, 0.29) is 5.92 Å². The highest BCUT2D eigenvalue weighted by molar-refractivity contribution is 5.83. The molecule has 0 bridgehead atoms. The fourth-order valence-electron chi connectivity index (χ4n) is 3.24. The van der Waals surface area contributed by atoms with Gasteiger partial charge in [-0.1, -0.05) is 13.3 Å². The van der Waals surface area contributed by atoms with E-state index < -0.39 is 0 Å². The van der Waals surface area contributed by atoms with Crippen molar-refractivity contribution in [3.05, 3.63) is 0 Å². The SMILES string of the molecule is CCC1CCC(=O)N(CCC2CCCC2=O)CC1. The Hall–Kier alpha value is -0.860. The molecule has 1 saturated carbocycles. The molecule has 2 rings (SSSR count). The number of nitrogens with zero attached hydrogens (tertiary/aromatic N) is 1. The number of Topliss-reactive ketones (excluding diaryl/α,β-unsaturated/α-hetero) is 1. The molecule has 2 atom stereocenters. The molecule has 3 heteroatoms. The monoisotopic (exact) mass is 251 g/mol. The maximum absolute atomic E-state index is 12.0. The molecule has 2 fully saturated rings. The number of rotatable bonds is 4. The van der Waals surface area contributed by atoms with Crippen LogP contribution in [0, 0.1) is 11.8 Å². The molecule has 1 aliphatic heterocycles. The first-order chi connectivity index (χ1) is 8.70. The van der Waals surface area contributed by atoms with Crippen LogP contribution in [0.15, 0.2) is 0 Å². The summed E-state index contributed by atoms with van der Waals surface area (Å²) in [4.78, 5) is 25.6. The zero-order valence-electron chi connectivity index (χ0n) is 11.5. The summed E-state index contributed by atoms with van der Waals surface area (Å²) in [6.45, 7) is 3.91. The second kappa shape index (κ2) is 6.35. The van der Waals surface area contributed by atoms with Gasteiger partial charge >= 0.3 is 0 Å². The molecule has 2 unspecified atom stereocenters. The summed E-state index contributed by atoms with van der Waals surface area (Å²) in [6.07, 6.45) is 7.82. The Balaban J connectivity index is 1.80. The van der Waals surface area contributed by atoms with Gasteiger partial charge in [0.05, 0.1) is 0 Å². The molecule has 102 valence electrons. The van der Waals surface area contributed by atoms with E-state index in [2.05, 4.69) is 6.92 Å². The minimum absolute atomic E-state index is 0.239. The lowest BCUT2D eigenvalue weighted by Crippen LogP contribution is -2.32. The Kier molecular flexibility index (Phi) is 4.79. The Morgan fingerprint density at radius 2 is 2.00 bits per heavy atom. The number of carbonyl (C=O) groups excluding carboxylic acids is 2. The van der Waals surface area contributed by atoms with E-state index in [1.807, 2.05) is 4.90 Å². The van der Waals surface area contributed by atoms with E-state index in [0.29, 0.717) is 24.0 Å². The Bertz CT molecular complexity index is 314. The molecule has 0 aromatic carbocycles. The van der Waals surface area contributed by atoms with Crippen LogP contribution in [-0.2, 0) is 9.59 Å². The van der Waals surface area contributed by atoms with Crippen molar-refractivity contribution in [2.24, 2.45) is 11.8 Å². The van der Waals surface area contributed by atoms with Gasteiger partial charge in [-0.05, 0) is 38.0 Å². The first kappa shape index (κ1) is 13.6. The van der Waals surface area contributed by atoms with Crippen molar-refractivity contribution < 1.29 is 9.59 Å². The summed E-state index contributed by atoms with van der Waals surface area (Å²) >= 11 is 0. The highest BCUT2D eigenvalue weighted by Gasteiger charge is 2.26. The molecule has 2 aliphatic rings. The lowest BCUT2D eigenvalue weighted by atomic mass is 9.98. The summed E-state index contributed by atoms with van der Waals surface area (Å²) in [6, 6.07) is 0. The summed E-state index contributed by atoms with van der Waals surface area (Å²) in [5, 5.41) is 0. The van der Waals surface area contributed by atoms with Gasteiger partial charge in [0.1, 0.15) is 5.78 Å². The van der Waals surface area contributed by atoms with Gasteiger partial charge < -0.3 is 4.90 Å². The summed E-state index contributed by atoms with van der Waals surface area (Å²) in [5.41, 5.74) is 0. The second-order valence-corrected chi connectivity index (χ2v) is 5.83. The van der Waals surface area contributed by atoms with Crippen LogP contribution in [0.25, 0.3) is 0 Å². The average Bonchev–Trinajstić information content (AvgIpc) is 2.68. The highest BCUT2D eigenvalue weighted by atomic mass is 16.2. The van der Waals surface area contributed by atoms with Crippen LogP contribution in [-0.4, -0.2) is 29.7 Å². The first-order valence-corrected chi connectivity index (χ1v) is 7.51. The third-order valence-corrected chi connectivity index (χ3v) is 4.68. The van der Waals surface area contributed by atoms with Gasteiger partial charge in [0.15, 0.2) is 0 Å². The molecule has 18 heavy (non-hydrogen) atoms. The summed E-state index contributed by atoms with van der Waals surface area (Å²) < 4.78 is 0. The van der Waals surface area contributed by atoms with E-state index >= 15 is 0 Å². The van der Waals surface area contributed by atoms with Crippen molar-refractivity contribution in [3.8, 4) is 0 Å². The molecule has 1 aliphatic carbocycles. The molecular weight excluding hydrogens is 226 g/mol. The quantitative estimate of drug-likeness (QED) is 0.770. The van der Waals surface area contributed by atoms with Gasteiger partial charge in [-0.3, -0.25) is 9.59 Å². The fraction of sp³-hybridized carbons (Fsp3) is 0.867. The molecule has 0 aromatic rings. The van der Waals surface area contributed by atoms with Crippen molar-refractivity contribution in [1.29, 1.82) is 0 Å². The maximum atomic E-state index is 12.0. The molecule has 1 saturated heterocycles. The van der Waals surface area contributed by atoms with Crippen LogP contribution in [0.3, 0.4) is 0 Å². The lowest BCUT2D eigenvalue weighted by Gasteiger charge is -2.22. The maximum Gasteiger partial charge on any atom is 0.222 e. The minimum Gasteiger partial charge on any atom is -0.343 e. The number of amides is 1. The van der Waals surface area contributed by atoms with Crippen LogP contribution in [0.4, 0.5) is 0 Å². The molecular formula is C15H25NO2. The van der Waals surface area contributed by atoms with Gasteiger partial charge in [-0.25, -0.2) is 0 Å². The molecule has 1 amide bonds. The van der Waals surface area contributed by atoms with Gasteiger partial charge in [-0.2, -0.15) is 0 Å². The predicted octanol–water partition coefficient (Wildman–Crippen LogP) is 2.78. The third-order valence-electron chi connectivity index (χ3n) is 4.68. The van der Waals surface area contributed by atoms with Gasteiger partial charge in [0.25, 0.3) is 0 Å². The van der Waals surface area contributed by atoms with Crippen LogP contribution in [0.5, 0.6) is 0 Å². The van der Waals surface area contributed by atoms with E-state index in [4.69, 9.17) is 0 Å². The van der Waals surface area contributed by atoms with Crippen LogP contribution in [0.2, 0.25) is 0 Å². The normalized spacial score (nSPS) is 29.7. The Morgan fingerprint density at radius 1 is 1.17 bits per heavy atom. The number of likely N-dealkylation sites (tertiary alicyclic amines) is 1. The van der Waals surface area contributed by atoms with Crippen molar-refractivity contribution >= 4 is 11.7 Å². The van der Waals surface area contributed by atoms with Gasteiger partial charge in [-0.15, -0.1) is 0 Å². The molecule has 0 aromatic heterocycles. The van der Waals surface area contributed by atoms with Crippen molar-refractivity contribution in [2.75, 3.05) is 13.1 Å². The lowest BCUT2D eigenvalue weighted by molar-refractivity contribution is -0.131. The highest BCUT2D eigenvalue weighted by Crippen LogP contribution is 2.26. The van der Waals surface area contributed by atoms with Crippen molar-refractivity contribution in [3.63, 3.8) is 0 Å². The number of hydrogen-bond donors (Lipinski definition) is 0. The van der Waals surface area contributed by atoms with E-state index in [0.717, 1.165) is 51.6 Å². The van der Waals surface area contributed by atoms with E-state index in [1.165, 1.54) is 6.42 Å². The van der Waals surface area contributed by atoms with E-state index in [9.17, 15) is 9.59 Å². The van der Waals surface area contributed by atoms with Gasteiger partial charge in [0.2, 0.25) is 5.91 Å². The molecule has 0 radical (unpaired) electrons. The number of hydrogen-bond acceptors (Lipinski definition) is 2. The molecule has 3 nitrogen and oxygen atoms in total. The second-order valence-electron chi connectivity index (χ2n) is 5.83. The number of carbonyl (C=O) groups is 2. The van der Waals surface area contributed by atoms with Gasteiger partial charge in [0, 0.05) is 31.8 Å². The Morgan fingerprint density at radius 3 is 2.67 bits per heavy atom. The van der Waals surface area contributed by atoms with E-state index in [1.54, 1.807) is 0 Å². The molecule has 0 N–H and O–H groups in total. The molecule has 1 heterocycles. The summed E-state index contributed by atoms with van der Waals surface area (Å²) in [7, 11) is 0.